The first kappa shape index (κ1) is 12.7. The van der Waals surface area contributed by atoms with Gasteiger partial charge in [-0.25, -0.2) is 8.42 Å². The molecule has 6 heteroatoms. The Labute approximate surface area is 106 Å². The molecule has 0 aliphatic carbocycles. The monoisotopic (exact) mass is 275 g/mol. The van der Waals surface area contributed by atoms with Gasteiger partial charge < -0.3 is 10.5 Å². The highest BCUT2D eigenvalue weighted by atomic mass is 35.5. The van der Waals surface area contributed by atoms with Crippen LogP contribution in [0.1, 0.15) is 6.42 Å². The minimum absolute atomic E-state index is 0.0377. The Kier molecular flexibility index (Phi) is 3.61. The summed E-state index contributed by atoms with van der Waals surface area (Å²) in [6.07, 6.45) is 0.767. The van der Waals surface area contributed by atoms with E-state index in [0.717, 1.165) is 6.42 Å². The van der Waals surface area contributed by atoms with Crippen molar-refractivity contribution in [2.24, 2.45) is 5.92 Å². The Balaban J connectivity index is 2.31. The number of hydrogen-bond acceptors (Lipinski definition) is 4. The van der Waals surface area contributed by atoms with Gasteiger partial charge in [0.25, 0.3) is 0 Å². The van der Waals surface area contributed by atoms with Crippen molar-refractivity contribution in [2.75, 3.05) is 24.7 Å². The molecule has 0 saturated carbocycles. The van der Waals surface area contributed by atoms with E-state index >= 15 is 0 Å². The maximum absolute atomic E-state index is 12.2. The van der Waals surface area contributed by atoms with Crippen molar-refractivity contribution in [3.63, 3.8) is 0 Å². The number of rotatable bonds is 3. The van der Waals surface area contributed by atoms with Crippen LogP contribution in [-0.2, 0) is 14.6 Å². The molecule has 0 spiro atoms. The van der Waals surface area contributed by atoms with Crippen molar-refractivity contribution in [3.8, 4) is 0 Å². The molecule has 1 fully saturated rings. The Morgan fingerprint density at radius 3 is 2.82 bits per heavy atom. The fraction of sp³-hybridized carbons (Fsp3) is 0.455. The zero-order valence-electron chi connectivity index (χ0n) is 9.23. The molecule has 1 aliphatic rings. The summed E-state index contributed by atoms with van der Waals surface area (Å²) < 4.78 is 29.6. The van der Waals surface area contributed by atoms with Crippen LogP contribution < -0.4 is 5.73 Å². The second-order valence-corrected chi connectivity index (χ2v) is 6.55. The van der Waals surface area contributed by atoms with E-state index in [-0.39, 0.29) is 27.3 Å². The molecule has 1 heterocycles. The fourth-order valence-electron chi connectivity index (χ4n) is 1.96. The lowest BCUT2D eigenvalue weighted by Gasteiger charge is -2.12. The molecular weight excluding hydrogens is 262 g/mol. The number of benzene rings is 1. The van der Waals surface area contributed by atoms with Crippen LogP contribution in [0.4, 0.5) is 5.69 Å². The molecule has 0 aromatic heterocycles. The van der Waals surface area contributed by atoms with Crippen LogP contribution in [0, 0.1) is 5.92 Å². The highest BCUT2D eigenvalue weighted by Crippen LogP contribution is 2.30. The third kappa shape index (κ3) is 2.73. The van der Waals surface area contributed by atoms with Crippen LogP contribution in [0.25, 0.3) is 0 Å². The highest BCUT2D eigenvalue weighted by Gasteiger charge is 2.27. The van der Waals surface area contributed by atoms with Gasteiger partial charge in [0, 0.05) is 6.61 Å². The lowest BCUT2D eigenvalue weighted by Crippen LogP contribution is -2.18. The number of sulfone groups is 1. The third-order valence-electron chi connectivity index (χ3n) is 2.79. The van der Waals surface area contributed by atoms with Gasteiger partial charge in [0.1, 0.15) is 4.90 Å². The average Bonchev–Trinajstić information content (AvgIpc) is 2.68. The van der Waals surface area contributed by atoms with Crippen LogP contribution in [0.5, 0.6) is 0 Å². The first-order valence-corrected chi connectivity index (χ1v) is 7.38. The summed E-state index contributed by atoms with van der Waals surface area (Å²) >= 11 is 5.91. The standard InChI is InChI=1S/C11H14ClNO3S/c12-9-2-1-3-10(13)11(9)17(14,15)7-8-4-5-16-6-8/h1-3,8H,4-7,13H2. The molecule has 94 valence electrons. The van der Waals surface area contributed by atoms with Gasteiger partial charge in [0.15, 0.2) is 9.84 Å². The van der Waals surface area contributed by atoms with E-state index in [1.165, 1.54) is 6.07 Å². The Bertz CT molecular complexity index is 489. The first-order valence-electron chi connectivity index (χ1n) is 5.35. The van der Waals surface area contributed by atoms with Gasteiger partial charge in [0.05, 0.1) is 23.1 Å². The van der Waals surface area contributed by atoms with Gasteiger partial charge in [0.2, 0.25) is 0 Å². The number of nitrogen functional groups attached to an aromatic ring is 1. The molecule has 1 atom stereocenters. The number of halogens is 1. The summed E-state index contributed by atoms with van der Waals surface area (Å²) in [5.74, 6) is 0.0803. The summed E-state index contributed by atoms with van der Waals surface area (Å²) in [5.41, 5.74) is 5.89. The number of ether oxygens (including phenoxy) is 1. The quantitative estimate of drug-likeness (QED) is 0.853. The normalized spacial score (nSPS) is 20.6. The zero-order valence-corrected chi connectivity index (χ0v) is 10.8. The largest absolute Gasteiger partial charge is 0.398 e. The van der Waals surface area contributed by atoms with Crippen LogP contribution in [0.3, 0.4) is 0 Å². The number of nitrogens with two attached hydrogens (primary N) is 1. The minimum atomic E-state index is -3.44. The topological polar surface area (TPSA) is 69.4 Å². The average molecular weight is 276 g/mol. The van der Waals surface area contributed by atoms with Gasteiger partial charge in [-0.2, -0.15) is 0 Å². The maximum atomic E-state index is 12.2. The lowest BCUT2D eigenvalue weighted by molar-refractivity contribution is 0.188. The fourth-order valence-corrected chi connectivity index (χ4v) is 4.34. The molecule has 1 aromatic rings. The van der Waals surface area contributed by atoms with E-state index < -0.39 is 9.84 Å². The van der Waals surface area contributed by atoms with Crippen LogP contribution in [-0.4, -0.2) is 27.4 Å². The third-order valence-corrected chi connectivity index (χ3v) is 5.20. The van der Waals surface area contributed by atoms with Crippen molar-refractivity contribution in [3.05, 3.63) is 23.2 Å². The van der Waals surface area contributed by atoms with Crippen molar-refractivity contribution in [1.82, 2.24) is 0 Å². The lowest BCUT2D eigenvalue weighted by atomic mass is 10.2. The van der Waals surface area contributed by atoms with Gasteiger partial charge >= 0.3 is 0 Å². The SMILES string of the molecule is Nc1cccc(Cl)c1S(=O)(=O)CC1CCOC1. The number of anilines is 1. The van der Waals surface area contributed by atoms with E-state index in [2.05, 4.69) is 0 Å². The maximum Gasteiger partial charge on any atom is 0.182 e. The smallest absolute Gasteiger partial charge is 0.182 e. The minimum Gasteiger partial charge on any atom is -0.398 e. The predicted octanol–water partition coefficient (Wildman–Crippen LogP) is 1.73. The molecule has 2 N–H and O–H groups in total. The van der Waals surface area contributed by atoms with Crippen LogP contribution in [0.2, 0.25) is 5.02 Å². The Hall–Kier alpha value is -0.780. The number of hydrogen-bond donors (Lipinski definition) is 1. The van der Waals surface area contributed by atoms with E-state index in [1.54, 1.807) is 12.1 Å². The van der Waals surface area contributed by atoms with E-state index in [9.17, 15) is 8.42 Å². The predicted molar refractivity (Wildman–Crippen MR) is 66.8 cm³/mol. The first-order chi connectivity index (χ1) is 8.00. The molecule has 0 radical (unpaired) electrons. The van der Waals surface area contributed by atoms with E-state index in [0.29, 0.717) is 13.2 Å². The van der Waals surface area contributed by atoms with Crippen LogP contribution in [0.15, 0.2) is 23.1 Å². The molecule has 4 nitrogen and oxygen atoms in total. The Morgan fingerprint density at radius 1 is 1.47 bits per heavy atom. The van der Waals surface area contributed by atoms with Crippen molar-refractivity contribution < 1.29 is 13.2 Å². The van der Waals surface area contributed by atoms with Gasteiger partial charge in [-0.3, -0.25) is 0 Å². The molecular formula is C11H14ClNO3S. The second-order valence-electron chi connectivity index (χ2n) is 4.17. The van der Waals surface area contributed by atoms with Gasteiger partial charge in [-0.05, 0) is 24.5 Å². The van der Waals surface area contributed by atoms with Crippen molar-refractivity contribution >= 4 is 27.1 Å². The van der Waals surface area contributed by atoms with Crippen molar-refractivity contribution in [2.45, 2.75) is 11.3 Å². The summed E-state index contributed by atoms with van der Waals surface area (Å²) in [4.78, 5) is 0.0496. The van der Waals surface area contributed by atoms with Gasteiger partial charge in [-0.15, -0.1) is 0 Å². The molecule has 1 aromatic carbocycles. The molecule has 2 rings (SSSR count). The van der Waals surface area contributed by atoms with E-state index in [4.69, 9.17) is 22.1 Å². The van der Waals surface area contributed by atoms with Crippen molar-refractivity contribution in [1.29, 1.82) is 0 Å². The molecule has 1 aliphatic heterocycles. The Morgan fingerprint density at radius 2 is 2.24 bits per heavy atom. The molecule has 17 heavy (non-hydrogen) atoms. The highest BCUT2D eigenvalue weighted by molar-refractivity contribution is 7.91. The molecule has 0 bridgehead atoms. The molecule has 0 amide bonds. The molecule has 1 saturated heterocycles. The van der Waals surface area contributed by atoms with Gasteiger partial charge in [-0.1, -0.05) is 17.7 Å². The second kappa shape index (κ2) is 4.84. The van der Waals surface area contributed by atoms with E-state index in [1.807, 2.05) is 0 Å². The molecule has 1 unspecified atom stereocenters. The van der Waals surface area contributed by atoms with Crippen LogP contribution >= 0.6 is 11.6 Å². The summed E-state index contributed by atoms with van der Waals surface area (Å²) in [6.45, 7) is 1.11. The summed E-state index contributed by atoms with van der Waals surface area (Å²) in [5, 5.41) is 0.184. The zero-order chi connectivity index (χ0) is 12.5. The summed E-state index contributed by atoms with van der Waals surface area (Å²) in [6, 6.07) is 4.72. The summed E-state index contributed by atoms with van der Waals surface area (Å²) in [7, 11) is -3.44.